The van der Waals surface area contributed by atoms with Crippen LogP contribution in [0.1, 0.15) is 12.8 Å². The summed E-state index contributed by atoms with van der Waals surface area (Å²) in [6.45, 7) is 0. The van der Waals surface area contributed by atoms with E-state index in [2.05, 4.69) is 25.3 Å². The van der Waals surface area contributed by atoms with Crippen molar-refractivity contribution in [2.45, 2.75) is 23.1 Å². The minimum absolute atomic E-state index is 0.0155. The summed E-state index contributed by atoms with van der Waals surface area (Å²) in [5.74, 6) is 0.562. The third-order valence-corrected chi connectivity index (χ3v) is 5.64. The molecule has 10 heteroatoms. The number of fused-ring (bicyclic) bond motifs is 1. The first-order valence-electron chi connectivity index (χ1n) is 8.36. The van der Waals surface area contributed by atoms with Gasteiger partial charge in [-0.1, -0.05) is 11.8 Å². The number of phenols is 1. The van der Waals surface area contributed by atoms with E-state index in [4.69, 9.17) is 10.5 Å². The highest BCUT2D eigenvalue weighted by Gasteiger charge is 2.38. The van der Waals surface area contributed by atoms with Crippen LogP contribution in [0.4, 0.5) is 11.6 Å². The Kier molecular flexibility index (Phi) is 4.48. The van der Waals surface area contributed by atoms with Crippen LogP contribution in [0.25, 0.3) is 11.2 Å². The zero-order valence-corrected chi connectivity index (χ0v) is 15.3. The molecule has 1 aliphatic carbocycles. The van der Waals surface area contributed by atoms with Crippen molar-refractivity contribution in [3.05, 3.63) is 24.5 Å². The second-order valence-corrected chi connectivity index (χ2v) is 7.37. The number of thioether (sulfide) groups is 1. The summed E-state index contributed by atoms with van der Waals surface area (Å²) in [7, 11) is 1.46. The van der Waals surface area contributed by atoms with Crippen LogP contribution in [0.3, 0.4) is 0 Å². The molecule has 0 bridgehead atoms. The van der Waals surface area contributed by atoms with Gasteiger partial charge in [-0.25, -0.2) is 9.97 Å². The Balaban J connectivity index is 1.57. The highest BCUT2D eigenvalue weighted by atomic mass is 32.2. The summed E-state index contributed by atoms with van der Waals surface area (Å²) in [4.78, 5) is 28.4. The molecular weight excluding hydrogens is 368 g/mol. The normalized spacial score (nSPS) is 14.9. The van der Waals surface area contributed by atoms with Gasteiger partial charge in [-0.3, -0.25) is 4.79 Å². The summed E-state index contributed by atoms with van der Waals surface area (Å²) in [6.07, 6.45) is 3.49. The molecule has 4 rings (SSSR count). The monoisotopic (exact) mass is 386 g/mol. The van der Waals surface area contributed by atoms with E-state index in [-0.39, 0.29) is 28.8 Å². The first-order chi connectivity index (χ1) is 13.0. The van der Waals surface area contributed by atoms with Crippen molar-refractivity contribution in [3.8, 4) is 11.5 Å². The Hall–Kier alpha value is -3.01. The smallest absolute Gasteiger partial charge is 0.238 e. The Bertz CT molecular complexity index is 1000. The van der Waals surface area contributed by atoms with E-state index >= 15 is 0 Å². The molecule has 1 amide bonds. The molecule has 1 atom stereocenters. The van der Waals surface area contributed by atoms with E-state index < -0.39 is 0 Å². The number of nitrogens with one attached hydrogen (secondary N) is 2. The fourth-order valence-electron chi connectivity index (χ4n) is 2.76. The number of H-pyrrole nitrogens is 1. The van der Waals surface area contributed by atoms with Gasteiger partial charge in [0.1, 0.15) is 10.5 Å². The predicted octanol–water partition coefficient (Wildman–Crippen LogP) is 2.16. The molecule has 1 aliphatic rings. The Morgan fingerprint density at radius 3 is 3.00 bits per heavy atom. The molecule has 140 valence electrons. The summed E-state index contributed by atoms with van der Waals surface area (Å²) in [6, 6.07) is 4.69. The average molecular weight is 386 g/mol. The number of imidazole rings is 1. The Labute approximate surface area is 158 Å². The van der Waals surface area contributed by atoms with E-state index in [1.54, 1.807) is 12.1 Å². The maximum atomic E-state index is 12.9. The van der Waals surface area contributed by atoms with Crippen LogP contribution in [-0.4, -0.2) is 43.3 Å². The molecule has 0 unspecified atom stereocenters. The second-order valence-electron chi connectivity index (χ2n) is 6.24. The largest absolute Gasteiger partial charge is 0.504 e. The molecule has 1 aromatic carbocycles. The lowest BCUT2D eigenvalue weighted by atomic mass is 10.2. The van der Waals surface area contributed by atoms with Gasteiger partial charge in [0.2, 0.25) is 11.9 Å². The first-order valence-corrected chi connectivity index (χ1v) is 9.24. The minimum Gasteiger partial charge on any atom is -0.504 e. The second kappa shape index (κ2) is 6.95. The number of phenolic OH excluding ortho intramolecular Hbond substituents is 1. The number of nitrogen functional groups attached to an aromatic ring is 1. The number of rotatable bonds is 6. The number of aromatic amines is 1. The van der Waals surface area contributed by atoms with Gasteiger partial charge in [0.25, 0.3) is 0 Å². The number of ether oxygens (including phenoxy) is 1. The lowest BCUT2D eigenvalue weighted by molar-refractivity contribution is -0.116. The standard InChI is InChI=1S/C17H18N6O3S/c1-26-11-6-9(4-5-10(11)24)21-15(25)13(8-2-3-8)27-16-12-14(20-7-19-12)22-17(18)23-16/h4-8,13,24H,2-3H2,1H3,(H,21,25)(H3,18,19,20,22,23)/t13-/m1/s1. The highest BCUT2D eigenvalue weighted by molar-refractivity contribution is 8.00. The third-order valence-electron chi connectivity index (χ3n) is 4.26. The van der Waals surface area contributed by atoms with E-state index in [9.17, 15) is 9.90 Å². The number of methoxy groups -OCH3 is 1. The van der Waals surface area contributed by atoms with Crippen molar-refractivity contribution in [3.63, 3.8) is 0 Å². The number of hydrogen-bond donors (Lipinski definition) is 4. The van der Waals surface area contributed by atoms with Crippen LogP contribution in [-0.2, 0) is 4.79 Å². The fraction of sp³-hybridized carbons (Fsp3) is 0.294. The maximum absolute atomic E-state index is 12.9. The van der Waals surface area contributed by atoms with Crippen LogP contribution in [0.5, 0.6) is 11.5 Å². The minimum atomic E-state index is -0.328. The maximum Gasteiger partial charge on any atom is 0.238 e. The molecule has 3 aromatic rings. The van der Waals surface area contributed by atoms with Crippen LogP contribution in [0.15, 0.2) is 29.6 Å². The lowest BCUT2D eigenvalue weighted by Crippen LogP contribution is -2.27. The van der Waals surface area contributed by atoms with Crippen LogP contribution in [0.2, 0.25) is 0 Å². The topological polar surface area (TPSA) is 139 Å². The number of nitrogens with two attached hydrogens (primary N) is 1. The fourth-order valence-corrected chi connectivity index (χ4v) is 4.05. The molecule has 5 N–H and O–H groups in total. The summed E-state index contributed by atoms with van der Waals surface area (Å²) >= 11 is 1.35. The molecular formula is C17H18N6O3S. The molecule has 0 aliphatic heterocycles. The van der Waals surface area contributed by atoms with Gasteiger partial charge < -0.3 is 25.9 Å². The Morgan fingerprint density at radius 1 is 1.44 bits per heavy atom. The number of carbonyl (C=O) groups is 1. The summed E-state index contributed by atoms with van der Waals surface area (Å²) in [5, 5.41) is 12.9. The van der Waals surface area contributed by atoms with E-state index in [0.29, 0.717) is 27.6 Å². The molecule has 0 spiro atoms. The van der Waals surface area contributed by atoms with Crippen molar-refractivity contribution in [1.29, 1.82) is 0 Å². The average Bonchev–Trinajstić information content (AvgIpc) is 3.38. The number of aromatic nitrogens is 4. The molecule has 2 heterocycles. The van der Waals surface area contributed by atoms with E-state index in [0.717, 1.165) is 12.8 Å². The van der Waals surface area contributed by atoms with Crippen LogP contribution < -0.4 is 15.8 Å². The van der Waals surface area contributed by atoms with Gasteiger partial charge in [-0.15, -0.1) is 0 Å². The molecule has 2 aromatic heterocycles. The lowest BCUT2D eigenvalue weighted by Gasteiger charge is -2.16. The SMILES string of the molecule is COc1cc(NC(=O)[C@H](Sc2nc(N)nc3nc[nH]c23)C2CC2)ccc1O. The van der Waals surface area contributed by atoms with Crippen LogP contribution in [0, 0.1) is 5.92 Å². The summed E-state index contributed by atoms with van der Waals surface area (Å²) in [5.41, 5.74) is 7.46. The summed E-state index contributed by atoms with van der Waals surface area (Å²) < 4.78 is 5.09. The zero-order valence-electron chi connectivity index (χ0n) is 14.5. The molecule has 1 saturated carbocycles. The van der Waals surface area contributed by atoms with Gasteiger partial charge in [-0.05, 0) is 30.9 Å². The predicted molar refractivity (Wildman–Crippen MR) is 102 cm³/mol. The number of benzene rings is 1. The number of carbonyl (C=O) groups excluding carboxylic acids is 1. The van der Waals surface area contributed by atoms with Gasteiger partial charge in [-0.2, -0.15) is 4.98 Å². The quantitative estimate of drug-likeness (QED) is 0.287. The zero-order chi connectivity index (χ0) is 19.0. The highest BCUT2D eigenvalue weighted by Crippen LogP contribution is 2.43. The number of aromatic hydroxyl groups is 1. The van der Waals surface area contributed by atoms with E-state index in [1.165, 1.54) is 31.3 Å². The van der Waals surface area contributed by atoms with Gasteiger partial charge in [0.15, 0.2) is 17.1 Å². The van der Waals surface area contributed by atoms with Gasteiger partial charge in [0, 0.05) is 11.8 Å². The molecule has 27 heavy (non-hydrogen) atoms. The van der Waals surface area contributed by atoms with Crippen LogP contribution >= 0.6 is 11.8 Å². The number of anilines is 2. The number of hydrogen-bond acceptors (Lipinski definition) is 8. The molecule has 9 nitrogen and oxygen atoms in total. The molecule has 0 saturated heterocycles. The number of nitrogens with zero attached hydrogens (tertiary/aromatic N) is 3. The number of amides is 1. The van der Waals surface area contributed by atoms with Crippen molar-refractivity contribution >= 4 is 40.5 Å². The van der Waals surface area contributed by atoms with Crippen molar-refractivity contribution in [1.82, 2.24) is 19.9 Å². The Morgan fingerprint density at radius 2 is 2.26 bits per heavy atom. The third kappa shape index (κ3) is 3.61. The van der Waals surface area contributed by atoms with Crippen molar-refractivity contribution in [2.75, 3.05) is 18.2 Å². The molecule has 1 fully saturated rings. The van der Waals surface area contributed by atoms with E-state index in [1.807, 2.05) is 0 Å². The van der Waals surface area contributed by atoms with Gasteiger partial charge >= 0.3 is 0 Å². The van der Waals surface area contributed by atoms with Gasteiger partial charge in [0.05, 0.1) is 18.7 Å². The molecule has 0 radical (unpaired) electrons. The van der Waals surface area contributed by atoms with Crippen molar-refractivity contribution < 1.29 is 14.6 Å². The van der Waals surface area contributed by atoms with Crippen molar-refractivity contribution in [2.24, 2.45) is 5.92 Å². The first kappa shape index (κ1) is 17.4.